The third-order valence-electron chi connectivity index (χ3n) is 2.97. The Balaban J connectivity index is 1.98. The number of hydrogen-bond donors (Lipinski definition) is 1. The van der Waals surface area contributed by atoms with Crippen LogP contribution in [0, 0.1) is 0 Å². The Labute approximate surface area is 97.0 Å². The average Bonchev–Trinajstić information content (AvgIpc) is 2.16. The number of halogens is 3. The smallest absolute Gasteiger partial charge is 0.406 e. The van der Waals surface area contributed by atoms with Crippen molar-refractivity contribution in [2.75, 3.05) is 0 Å². The molecule has 17 heavy (non-hydrogen) atoms. The second kappa shape index (κ2) is 4.22. The largest absolute Gasteiger partial charge is 0.573 e. The molecular weight excluding hydrogens is 233 g/mol. The summed E-state index contributed by atoms with van der Waals surface area (Å²) >= 11 is 0. The number of benzene rings is 1. The maximum atomic E-state index is 11.9. The maximum Gasteiger partial charge on any atom is 0.573 e. The van der Waals surface area contributed by atoms with E-state index in [1.807, 2.05) is 0 Å². The van der Waals surface area contributed by atoms with Crippen molar-refractivity contribution in [2.45, 2.75) is 37.6 Å². The van der Waals surface area contributed by atoms with Crippen LogP contribution in [0.3, 0.4) is 0 Å². The van der Waals surface area contributed by atoms with Crippen molar-refractivity contribution in [1.82, 2.24) is 0 Å². The maximum absolute atomic E-state index is 11.9. The van der Waals surface area contributed by atoms with E-state index in [0.717, 1.165) is 24.8 Å². The Hall–Kier alpha value is -1.23. The topological polar surface area (TPSA) is 29.5 Å². The van der Waals surface area contributed by atoms with Crippen LogP contribution in [0.1, 0.15) is 24.8 Å². The first-order chi connectivity index (χ1) is 7.86. The van der Waals surface area contributed by atoms with Gasteiger partial charge in [-0.25, -0.2) is 0 Å². The van der Waals surface area contributed by atoms with Crippen LogP contribution in [0.25, 0.3) is 0 Å². The van der Waals surface area contributed by atoms with Gasteiger partial charge in [0.05, 0.1) is 5.60 Å². The van der Waals surface area contributed by atoms with Crippen LogP contribution in [0.5, 0.6) is 5.75 Å². The summed E-state index contributed by atoms with van der Waals surface area (Å²) in [6.45, 7) is 0. The highest BCUT2D eigenvalue weighted by Crippen LogP contribution is 2.35. The van der Waals surface area contributed by atoms with E-state index in [2.05, 4.69) is 4.74 Å². The van der Waals surface area contributed by atoms with E-state index in [4.69, 9.17) is 0 Å². The van der Waals surface area contributed by atoms with Gasteiger partial charge in [-0.2, -0.15) is 0 Å². The minimum Gasteiger partial charge on any atom is -0.406 e. The van der Waals surface area contributed by atoms with Crippen molar-refractivity contribution in [3.8, 4) is 5.75 Å². The van der Waals surface area contributed by atoms with Crippen LogP contribution in [0.4, 0.5) is 13.2 Å². The van der Waals surface area contributed by atoms with Crippen LogP contribution in [-0.4, -0.2) is 17.1 Å². The molecular formula is C12H13F3O2. The zero-order valence-electron chi connectivity index (χ0n) is 9.13. The highest BCUT2D eigenvalue weighted by atomic mass is 19.4. The fourth-order valence-corrected chi connectivity index (χ4v) is 1.95. The summed E-state index contributed by atoms with van der Waals surface area (Å²) in [6, 6.07) is 5.64. The Morgan fingerprint density at radius 3 is 2.18 bits per heavy atom. The molecule has 1 saturated carbocycles. The monoisotopic (exact) mass is 246 g/mol. The normalized spacial score (nSPS) is 18.6. The van der Waals surface area contributed by atoms with E-state index in [-0.39, 0.29) is 5.75 Å². The summed E-state index contributed by atoms with van der Waals surface area (Å²) in [6.07, 6.45) is -1.65. The van der Waals surface area contributed by atoms with Gasteiger partial charge in [0.15, 0.2) is 0 Å². The predicted molar refractivity (Wildman–Crippen MR) is 55.6 cm³/mol. The number of rotatable bonds is 3. The molecule has 0 saturated heterocycles. The molecule has 0 unspecified atom stereocenters. The summed E-state index contributed by atoms with van der Waals surface area (Å²) in [4.78, 5) is 0. The molecule has 1 fully saturated rings. The van der Waals surface area contributed by atoms with E-state index in [0.29, 0.717) is 6.42 Å². The van der Waals surface area contributed by atoms with Gasteiger partial charge in [0.2, 0.25) is 0 Å². The Morgan fingerprint density at radius 1 is 1.18 bits per heavy atom. The van der Waals surface area contributed by atoms with Gasteiger partial charge in [-0.15, -0.1) is 13.2 Å². The molecule has 0 atom stereocenters. The van der Waals surface area contributed by atoms with Crippen molar-refractivity contribution < 1.29 is 23.0 Å². The third-order valence-corrected chi connectivity index (χ3v) is 2.97. The molecule has 0 radical (unpaired) electrons. The Kier molecular flexibility index (Phi) is 3.03. The van der Waals surface area contributed by atoms with Gasteiger partial charge in [-0.1, -0.05) is 12.1 Å². The summed E-state index contributed by atoms with van der Waals surface area (Å²) in [5.74, 6) is -0.234. The fraction of sp³-hybridized carbons (Fsp3) is 0.500. The average molecular weight is 246 g/mol. The lowest BCUT2D eigenvalue weighted by Crippen LogP contribution is -2.38. The third kappa shape index (κ3) is 3.36. The predicted octanol–water partition coefficient (Wildman–Crippen LogP) is 3.04. The summed E-state index contributed by atoms with van der Waals surface area (Å²) in [5, 5.41) is 9.91. The van der Waals surface area contributed by atoms with Crippen LogP contribution in [-0.2, 0) is 6.42 Å². The molecule has 1 aliphatic rings. The first kappa shape index (κ1) is 12.2. The molecule has 1 aromatic carbocycles. The van der Waals surface area contributed by atoms with Gasteiger partial charge in [0, 0.05) is 6.42 Å². The zero-order chi connectivity index (χ0) is 12.5. The minimum absolute atomic E-state index is 0.234. The van der Waals surface area contributed by atoms with Crippen molar-refractivity contribution in [1.29, 1.82) is 0 Å². The molecule has 0 heterocycles. The second-order valence-corrected chi connectivity index (χ2v) is 4.45. The quantitative estimate of drug-likeness (QED) is 0.888. The summed E-state index contributed by atoms with van der Waals surface area (Å²) < 4.78 is 39.5. The lowest BCUT2D eigenvalue weighted by molar-refractivity contribution is -0.274. The SMILES string of the molecule is OC1(Cc2ccc(OC(F)(F)F)cc2)CCC1. The van der Waals surface area contributed by atoms with E-state index < -0.39 is 12.0 Å². The molecule has 2 nitrogen and oxygen atoms in total. The van der Waals surface area contributed by atoms with Gasteiger partial charge in [0.25, 0.3) is 0 Å². The van der Waals surface area contributed by atoms with Crippen LogP contribution in [0.2, 0.25) is 0 Å². The first-order valence-corrected chi connectivity index (χ1v) is 5.43. The van der Waals surface area contributed by atoms with Gasteiger partial charge >= 0.3 is 6.36 Å². The van der Waals surface area contributed by atoms with E-state index in [1.165, 1.54) is 12.1 Å². The van der Waals surface area contributed by atoms with Gasteiger partial charge in [0.1, 0.15) is 5.75 Å². The van der Waals surface area contributed by atoms with Crippen molar-refractivity contribution >= 4 is 0 Å². The lowest BCUT2D eigenvalue weighted by atomic mass is 9.76. The first-order valence-electron chi connectivity index (χ1n) is 5.43. The van der Waals surface area contributed by atoms with Crippen molar-refractivity contribution in [2.24, 2.45) is 0 Å². The molecule has 2 rings (SSSR count). The highest BCUT2D eigenvalue weighted by molar-refractivity contribution is 5.28. The minimum atomic E-state index is -4.66. The fourth-order valence-electron chi connectivity index (χ4n) is 1.95. The molecule has 1 N–H and O–H groups in total. The molecule has 1 aromatic rings. The summed E-state index contributed by atoms with van der Waals surface area (Å²) in [7, 11) is 0. The number of hydrogen-bond acceptors (Lipinski definition) is 2. The van der Waals surface area contributed by atoms with E-state index >= 15 is 0 Å². The van der Waals surface area contributed by atoms with Gasteiger partial charge in [-0.3, -0.25) is 0 Å². The Bertz CT molecular complexity index is 380. The molecule has 5 heteroatoms. The van der Waals surface area contributed by atoms with Crippen LogP contribution in [0.15, 0.2) is 24.3 Å². The molecule has 0 bridgehead atoms. The zero-order valence-corrected chi connectivity index (χ0v) is 9.13. The highest BCUT2D eigenvalue weighted by Gasteiger charge is 2.34. The van der Waals surface area contributed by atoms with Crippen molar-refractivity contribution in [3.05, 3.63) is 29.8 Å². The molecule has 1 aliphatic carbocycles. The van der Waals surface area contributed by atoms with Crippen LogP contribution < -0.4 is 4.74 Å². The number of ether oxygens (including phenoxy) is 1. The standard InChI is InChI=1S/C12H13F3O2/c13-12(14,15)17-10-4-2-9(3-5-10)8-11(16)6-1-7-11/h2-5,16H,1,6-8H2. The number of alkyl halides is 3. The summed E-state index contributed by atoms with van der Waals surface area (Å²) in [5.41, 5.74) is 0.161. The molecule has 94 valence electrons. The molecule has 0 aliphatic heterocycles. The van der Waals surface area contributed by atoms with E-state index in [1.54, 1.807) is 12.1 Å². The number of aliphatic hydroxyl groups is 1. The van der Waals surface area contributed by atoms with Gasteiger partial charge < -0.3 is 9.84 Å². The van der Waals surface area contributed by atoms with Crippen molar-refractivity contribution in [3.63, 3.8) is 0 Å². The second-order valence-electron chi connectivity index (χ2n) is 4.45. The Morgan fingerprint density at radius 2 is 1.76 bits per heavy atom. The van der Waals surface area contributed by atoms with Crippen LogP contribution >= 0.6 is 0 Å². The molecule has 0 aromatic heterocycles. The lowest BCUT2D eigenvalue weighted by Gasteiger charge is -2.36. The molecule has 0 amide bonds. The van der Waals surface area contributed by atoms with E-state index in [9.17, 15) is 18.3 Å². The molecule has 0 spiro atoms. The van der Waals surface area contributed by atoms with Gasteiger partial charge in [-0.05, 0) is 37.0 Å².